The molecule has 4 heteroatoms. The molecule has 0 unspecified atom stereocenters. The van der Waals surface area contributed by atoms with Crippen molar-refractivity contribution in [2.45, 2.75) is 0 Å². The van der Waals surface area contributed by atoms with Crippen molar-refractivity contribution in [3.63, 3.8) is 0 Å². The molecule has 0 bridgehead atoms. The number of benzene rings is 2. The monoisotopic (exact) mass is 282 g/mol. The van der Waals surface area contributed by atoms with Gasteiger partial charge in [-0.05, 0) is 18.2 Å². The number of carbonyl (C=O) groups is 2. The Morgan fingerprint density at radius 2 is 1.70 bits per heavy atom. The number of hydrogen-bond acceptors (Lipinski definition) is 3. The molecule has 0 saturated carbocycles. The van der Waals surface area contributed by atoms with Gasteiger partial charge in [0, 0.05) is 26.6 Å². The Hall–Kier alpha value is -2.46. The summed E-state index contributed by atoms with van der Waals surface area (Å²) in [6, 6.07) is 14.1. The molecule has 1 aromatic heterocycles. The van der Waals surface area contributed by atoms with E-state index in [1.165, 1.54) is 11.3 Å². The minimum absolute atomic E-state index is 0.102. The third-order valence-electron chi connectivity index (χ3n) is 3.10. The summed E-state index contributed by atoms with van der Waals surface area (Å²) >= 11 is 1.37. The van der Waals surface area contributed by atoms with Crippen molar-refractivity contribution < 1.29 is 14.7 Å². The Labute approximate surface area is 119 Å². The molecule has 0 radical (unpaired) electrons. The van der Waals surface area contributed by atoms with Gasteiger partial charge in [0.05, 0.1) is 5.56 Å². The van der Waals surface area contributed by atoms with Gasteiger partial charge in [-0.25, -0.2) is 4.79 Å². The topological polar surface area (TPSA) is 54.4 Å². The number of rotatable bonds is 3. The van der Waals surface area contributed by atoms with Crippen molar-refractivity contribution in [2.24, 2.45) is 0 Å². The molecule has 2 aromatic carbocycles. The minimum Gasteiger partial charge on any atom is -0.478 e. The Morgan fingerprint density at radius 3 is 2.40 bits per heavy atom. The quantitative estimate of drug-likeness (QED) is 0.743. The summed E-state index contributed by atoms with van der Waals surface area (Å²) in [6.45, 7) is 0. The first-order chi connectivity index (χ1) is 9.66. The van der Waals surface area contributed by atoms with E-state index in [1.807, 2.05) is 6.07 Å². The highest BCUT2D eigenvalue weighted by atomic mass is 32.1. The first-order valence-corrected chi connectivity index (χ1v) is 6.89. The van der Waals surface area contributed by atoms with E-state index in [0.717, 1.165) is 4.70 Å². The summed E-state index contributed by atoms with van der Waals surface area (Å²) in [6.07, 6.45) is 0. The Bertz CT molecular complexity index is 803. The van der Waals surface area contributed by atoms with E-state index >= 15 is 0 Å². The van der Waals surface area contributed by atoms with Crippen LogP contribution < -0.4 is 0 Å². The molecule has 1 heterocycles. The van der Waals surface area contributed by atoms with E-state index in [1.54, 1.807) is 47.8 Å². The number of aromatic carboxylic acids is 1. The number of fused-ring (bicyclic) bond motifs is 1. The third-order valence-corrected chi connectivity index (χ3v) is 4.07. The predicted octanol–water partition coefficient (Wildman–Crippen LogP) is 3.83. The standard InChI is InChI=1S/C16H10O3S/c17-15(10-4-2-1-3-5-10)11-6-7-14-12(8-11)13(9-20-14)16(18)19/h1-9H,(H,18,19). The van der Waals surface area contributed by atoms with Gasteiger partial charge in [0.15, 0.2) is 5.78 Å². The molecular weight excluding hydrogens is 272 g/mol. The van der Waals surface area contributed by atoms with E-state index < -0.39 is 5.97 Å². The van der Waals surface area contributed by atoms with Crippen LogP contribution in [0.15, 0.2) is 53.9 Å². The third kappa shape index (κ3) is 2.10. The van der Waals surface area contributed by atoms with E-state index in [2.05, 4.69) is 0 Å². The predicted molar refractivity (Wildman–Crippen MR) is 78.7 cm³/mol. The van der Waals surface area contributed by atoms with Crippen molar-refractivity contribution in [2.75, 3.05) is 0 Å². The molecule has 0 aliphatic rings. The Kier molecular flexibility index (Phi) is 3.08. The normalized spacial score (nSPS) is 10.6. The number of thiophene rings is 1. The fraction of sp³-hybridized carbons (Fsp3) is 0. The molecule has 3 aromatic rings. The maximum Gasteiger partial charge on any atom is 0.337 e. The van der Waals surface area contributed by atoms with Gasteiger partial charge in [0.2, 0.25) is 0 Å². The van der Waals surface area contributed by atoms with Gasteiger partial charge in [-0.15, -0.1) is 11.3 Å². The lowest BCUT2D eigenvalue weighted by atomic mass is 10.0. The number of carbonyl (C=O) groups excluding carboxylic acids is 1. The molecule has 98 valence electrons. The highest BCUT2D eigenvalue weighted by Gasteiger charge is 2.14. The molecule has 20 heavy (non-hydrogen) atoms. The van der Waals surface area contributed by atoms with Crippen molar-refractivity contribution in [3.05, 3.63) is 70.6 Å². The fourth-order valence-electron chi connectivity index (χ4n) is 2.09. The van der Waals surface area contributed by atoms with Gasteiger partial charge >= 0.3 is 5.97 Å². The van der Waals surface area contributed by atoms with Gasteiger partial charge in [-0.3, -0.25) is 4.79 Å². The SMILES string of the molecule is O=C(c1ccccc1)c1ccc2scc(C(=O)O)c2c1. The van der Waals surface area contributed by atoms with Crippen molar-refractivity contribution in [1.82, 2.24) is 0 Å². The van der Waals surface area contributed by atoms with Gasteiger partial charge in [-0.2, -0.15) is 0 Å². The van der Waals surface area contributed by atoms with Crippen molar-refractivity contribution in [3.8, 4) is 0 Å². The number of carboxylic acids is 1. The largest absolute Gasteiger partial charge is 0.478 e. The first kappa shape index (κ1) is 12.6. The van der Waals surface area contributed by atoms with Crippen LogP contribution in [0.2, 0.25) is 0 Å². The van der Waals surface area contributed by atoms with Crippen LogP contribution in [0.1, 0.15) is 26.3 Å². The van der Waals surface area contributed by atoms with Crippen LogP contribution in [0.5, 0.6) is 0 Å². The average molecular weight is 282 g/mol. The van der Waals surface area contributed by atoms with Crippen LogP contribution in [-0.2, 0) is 0 Å². The first-order valence-electron chi connectivity index (χ1n) is 6.01. The summed E-state index contributed by atoms with van der Waals surface area (Å²) in [7, 11) is 0. The summed E-state index contributed by atoms with van der Waals surface area (Å²) in [4.78, 5) is 23.5. The zero-order valence-electron chi connectivity index (χ0n) is 10.4. The molecule has 0 fully saturated rings. The molecule has 3 nitrogen and oxygen atoms in total. The molecule has 0 saturated heterocycles. The maximum atomic E-state index is 12.3. The number of ketones is 1. The molecule has 1 N–H and O–H groups in total. The number of hydrogen-bond donors (Lipinski definition) is 1. The zero-order chi connectivity index (χ0) is 14.1. The average Bonchev–Trinajstić information content (AvgIpc) is 2.90. The van der Waals surface area contributed by atoms with E-state index in [0.29, 0.717) is 16.5 Å². The van der Waals surface area contributed by atoms with Gasteiger partial charge in [-0.1, -0.05) is 30.3 Å². The zero-order valence-corrected chi connectivity index (χ0v) is 11.2. The molecule has 0 aliphatic carbocycles. The second kappa shape index (κ2) is 4.90. The van der Waals surface area contributed by atoms with Crippen molar-refractivity contribution in [1.29, 1.82) is 0 Å². The molecular formula is C16H10O3S. The summed E-state index contributed by atoms with van der Waals surface area (Å²) in [5, 5.41) is 11.4. The van der Waals surface area contributed by atoms with Crippen LogP contribution in [0.25, 0.3) is 10.1 Å². The van der Waals surface area contributed by atoms with Crippen LogP contribution >= 0.6 is 11.3 Å². The fourth-order valence-corrected chi connectivity index (χ4v) is 3.01. The van der Waals surface area contributed by atoms with Crippen LogP contribution in [-0.4, -0.2) is 16.9 Å². The van der Waals surface area contributed by atoms with Gasteiger partial charge in [0.25, 0.3) is 0 Å². The highest BCUT2D eigenvalue weighted by molar-refractivity contribution is 7.17. The summed E-state index contributed by atoms with van der Waals surface area (Å²) in [5.41, 5.74) is 1.34. The highest BCUT2D eigenvalue weighted by Crippen LogP contribution is 2.27. The van der Waals surface area contributed by atoms with Crippen LogP contribution in [0.4, 0.5) is 0 Å². The molecule has 0 atom stereocenters. The minimum atomic E-state index is -0.972. The van der Waals surface area contributed by atoms with Crippen molar-refractivity contribution >= 4 is 33.2 Å². The van der Waals surface area contributed by atoms with E-state index in [4.69, 9.17) is 5.11 Å². The van der Waals surface area contributed by atoms with Gasteiger partial charge < -0.3 is 5.11 Å². The molecule has 3 rings (SSSR count). The smallest absolute Gasteiger partial charge is 0.337 e. The Morgan fingerprint density at radius 1 is 0.950 bits per heavy atom. The molecule has 0 spiro atoms. The lowest BCUT2D eigenvalue weighted by Crippen LogP contribution is -2.01. The Balaban J connectivity index is 2.11. The van der Waals surface area contributed by atoms with E-state index in [9.17, 15) is 9.59 Å². The molecule has 0 amide bonds. The lowest BCUT2D eigenvalue weighted by Gasteiger charge is -2.02. The second-order valence-corrected chi connectivity index (χ2v) is 5.27. The van der Waals surface area contributed by atoms with Crippen LogP contribution in [0.3, 0.4) is 0 Å². The molecule has 0 aliphatic heterocycles. The summed E-state index contributed by atoms with van der Waals surface area (Å²) < 4.78 is 0.868. The maximum absolute atomic E-state index is 12.3. The van der Waals surface area contributed by atoms with Crippen LogP contribution in [0, 0.1) is 0 Å². The second-order valence-electron chi connectivity index (χ2n) is 4.36. The van der Waals surface area contributed by atoms with Gasteiger partial charge in [0.1, 0.15) is 0 Å². The number of carboxylic acid groups (broad SMARTS) is 1. The van der Waals surface area contributed by atoms with E-state index in [-0.39, 0.29) is 11.3 Å². The lowest BCUT2D eigenvalue weighted by molar-refractivity contribution is 0.0699. The summed E-state index contributed by atoms with van der Waals surface area (Å²) in [5.74, 6) is -1.07.